The van der Waals surface area contributed by atoms with E-state index in [9.17, 15) is 9.50 Å². The Morgan fingerprint density at radius 3 is 2.66 bits per heavy atom. The largest absolute Gasteiger partial charge is 0.390 e. The van der Waals surface area contributed by atoms with Crippen molar-refractivity contribution in [2.24, 2.45) is 0 Å². The fourth-order valence-electron chi connectivity index (χ4n) is 3.63. The van der Waals surface area contributed by atoms with Crippen molar-refractivity contribution >= 4 is 0 Å². The molecular formula is C23H25FN2O3. The van der Waals surface area contributed by atoms with Gasteiger partial charge >= 0.3 is 0 Å². The molecule has 1 aromatic heterocycles. The van der Waals surface area contributed by atoms with Crippen LogP contribution in [0.1, 0.15) is 24.1 Å². The van der Waals surface area contributed by atoms with Crippen LogP contribution in [-0.2, 0) is 17.7 Å². The first-order chi connectivity index (χ1) is 14.2. The highest BCUT2D eigenvalue weighted by Crippen LogP contribution is 2.25. The van der Waals surface area contributed by atoms with Crippen LogP contribution in [-0.4, -0.2) is 35.1 Å². The zero-order chi connectivity index (χ0) is 20.1. The summed E-state index contributed by atoms with van der Waals surface area (Å²) in [5.74, 6) is 0.325. The minimum Gasteiger partial charge on any atom is -0.390 e. The summed E-state index contributed by atoms with van der Waals surface area (Å²) < 4.78 is 24.6. The van der Waals surface area contributed by atoms with Crippen molar-refractivity contribution in [3.63, 3.8) is 0 Å². The fourth-order valence-corrected chi connectivity index (χ4v) is 3.63. The van der Waals surface area contributed by atoms with Gasteiger partial charge in [0, 0.05) is 31.1 Å². The van der Waals surface area contributed by atoms with Crippen LogP contribution in [0.2, 0.25) is 0 Å². The Kier molecular flexibility index (Phi) is 6.34. The molecule has 0 bridgehead atoms. The molecule has 0 amide bonds. The van der Waals surface area contributed by atoms with E-state index in [1.807, 2.05) is 24.3 Å². The highest BCUT2D eigenvalue weighted by molar-refractivity contribution is 5.57. The van der Waals surface area contributed by atoms with Crippen LogP contribution in [0.3, 0.4) is 0 Å². The third-order valence-electron chi connectivity index (χ3n) is 5.22. The highest BCUT2D eigenvalue weighted by Gasteiger charge is 2.30. The normalized spacial score (nSPS) is 21.9. The number of nitrogens with zero attached hydrogens (tertiary/aromatic N) is 1. The maximum atomic E-state index is 13.1. The summed E-state index contributed by atoms with van der Waals surface area (Å²) in [6.07, 6.45) is 1.35. The number of benzene rings is 2. The molecule has 0 aliphatic carbocycles. The van der Waals surface area contributed by atoms with Gasteiger partial charge < -0.3 is 19.7 Å². The number of hydrogen-bond acceptors (Lipinski definition) is 5. The van der Waals surface area contributed by atoms with Crippen molar-refractivity contribution < 1.29 is 18.8 Å². The monoisotopic (exact) mass is 396 g/mol. The molecule has 3 aromatic rings. The maximum Gasteiger partial charge on any atom is 0.167 e. The minimum atomic E-state index is -0.471. The molecule has 3 unspecified atom stereocenters. The molecule has 4 rings (SSSR count). The molecule has 0 spiro atoms. The van der Waals surface area contributed by atoms with E-state index < -0.39 is 6.10 Å². The number of aliphatic hydroxyl groups excluding tert-OH is 1. The predicted octanol–water partition coefficient (Wildman–Crippen LogP) is 3.72. The summed E-state index contributed by atoms with van der Waals surface area (Å²) in [5.41, 5.74) is 2.78. The number of hydrogen-bond donors (Lipinski definition) is 2. The molecule has 1 fully saturated rings. The summed E-state index contributed by atoms with van der Waals surface area (Å²) in [6, 6.07) is 18.1. The van der Waals surface area contributed by atoms with Gasteiger partial charge in [-0.3, -0.25) is 0 Å². The van der Waals surface area contributed by atoms with E-state index in [0.717, 1.165) is 24.2 Å². The van der Waals surface area contributed by atoms with E-state index in [4.69, 9.17) is 9.26 Å². The molecule has 3 atom stereocenters. The van der Waals surface area contributed by atoms with Gasteiger partial charge in [0.25, 0.3) is 0 Å². The van der Waals surface area contributed by atoms with Gasteiger partial charge in [0.05, 0.1) is 24.0 Å². The Morgan fingerprint density at radius 2 is 1.86 bits per heavy atom. The lowest BCUT2D eigenvalue weighted by Gasteiger charge is -2.34. The smallest absolute Gasteiger partial charge is 0.167 e. The maximum absolute atomic E-state index is 13.1. The van der Waals surface area contributed by atoms with Crippen LogP contribution >= 0.6 is 0 Å². The summed E-state index contributed by atoms with van der Waals surface area (Å²) in [6.45, 7) is 1.33. The van der Waals surface area contributed by atoms with Crippen LogP contribution < -0.4 is 5.32 Å². The standard InChI is InChI=1S/C23H25FN2O3/c24-18-8-6-17(7-9-18)22-13-19(26-29-22)12-20-10-11-21(27)23(28-20)15-25-14-16-4-2-1-3-5-16/h1-9,13,20-21,23,25,27H,10-12,14-15H2. The molecule has 2 N–H and O–H groups in total. The second kappa shape index (κ2) is 9.31. The Bertz CT molecular complexity index is 898. The lowest BCUT2D eigenvalue weighted by atomic mass is 9.98. The lowest BCUT2D eigenvalue weighted by Crippen LogP contribution is -2.45. The highest BCUT2D eigenvalue weighted by atomic mass is 19.1. The van der Waals surface area contributed by atoms with Crippen molar-refractivity contribution in [1.29, 1.82) is 0 Å². The first-order valence-electron chi connectivity index (χ1n) is 9.97. The molecule has 0 radical (unpaired) electrons. The third-order valence-corrected chi connectivity index (χ3v) is 5.22. The van der Waals surface area contributed by atoms with Crippen molar-refractivity contribution in [1.82, 2.24) is 10.5 Å². The van der Waals surface area contributed by atoms with Crippen molar-refractivity contribution in [3.05, 3.63) is 77.7 Å². The van der Waals surface area contributed by atoms with Crippen LogP contribution in [0.25, 0.3) is 11.3 Å². The summed E-state index contributed by atoms with van der Waals surface area (Å²) in [7, 11) is 0. The van der Waals surface area contributed by atoms with Crippen LogP contribution in [0, 0.1) is 5.82 Å². The molecule has 1 aliphatic rings. The Balaban J connectivity index is 1.30. The van der Waals surface area contributed by atoms with Crippen molar-refractivity contribution in [3.8, 4) is 11.3 Å². The van der Waals surface area contributed by atoms with E-state index in [1.165, 1.54) is 17.7 Å². The number of halogens is 1. The van der Waals surface area contributed by atoms with E-state index in [0.29, 0.717) is 25.1 Å². The first-order valence-corrected chi connectivity index (χ1v) is 9.97. The molecule has 0 saturated carbocycles. The Hall–Kier alpha value is -2.54. The van der Waals surface area contributed by atoms with Gasteiger partial charge in [-0.15, -0.1) is 0 Å². The molecule has 5 nitrogen and oxygen atoms in total. The van der Waals surface area contributed by atoms with Crippen molar-refractivity contribution in [2.75, 3.05) is 6.54 Å². The van der Waals surface area contributed by atoms with Crippen LogP contribution in [0.15, 0.2) is 65.2 Å². The fraction of sp³-hybridized carbons (Fsp3) is 0.348. The topological polar surface area (TPSA) is 67.5 Å². The predicted molar refractivity (Wildman–Crippen MR) is 108 cm³/mol. The lowest BCUT2D eigenvalue weighted by molar-refractivity contribution is -0.115. The number of aromatic nitrogens is 1. The molecule has 1 aliphatic heterocycles. The number of aliphatic hydroxyl groups is 1. The summed E-state index contributed by atoms with van der Waals surface area (Å²) in [5, 5.41) is 17.8. The Morgan fingerprint density at radius 1 is 1.07 bits per heavy atom. The van der Waals surface area contributed by atoms with E-state index >= 15 is 0 Å². The molecular weight excluding hydrogens is 371 g/mol. The molecule has 2 heterocycles. The minimum absolute atomic E-state index is 0.0203. The second-order valence-electron chi connectivity index (χ2n) is 7.45. The van der Waals surface area contributed by atoms with Crippen LogP contribution in [0.4, 0.5) is 4.39 Å². The van der Waals surface area contributed by atoms with Crippen LogP contribution in [0.5, 0.6) is 0 Å². The van der Waals surface area contributed by atoms with Gasteiger partial charge in [-0.1, -0.05) is 35.5 Å². The zero-order valence-corrected chi connectivity index (χ0v) is 16.1. The molecule has 152 valence electrons. The first kappa shape index (κ1) is 19.8. The zero-order valence-electron chi connectivity index (χ0n) is 16.1. The molecule has 6 heteroatoms. The number of nitrogens with one attached hydrogen (secondary N) is 1. The van der Waals surface area contributed by atoms with Gasteiger partial charge in [0.15, 0.2) is 5.76 Å². The quantitative estimate of drug-likeness (QED) is 0.637. The summed E-state index contributed by atoms with van der Waals surface area (Å²) >= 11 is 0. The average Bonchev–Trinajstić information content (AvgIpc) is 3.20. The van der Waals surface area contributed by atoms with Gasteiger partial charge in [-0.05, 0) is 42.7 Å². The van der Waals surface area contributed by atoms with Gasteiger partial charge in [-0.25, -0.2) is 4.39 Å². The van der Waals surface area contributed by atoms with Crippen molar-refractivity contribution in [2.45, 2.75) is 44.1 Å². The Labute approximate surface area is 169 Å². The van der Waals surface area contributed by atoms with Gasteiger partial charge in [0.2, 0.25) is 0 Å². The van der Waals surface area contributed by atoms with E-state index in [2.05, 4.69) is 22.6 Å². The SMILES string of the molecule is OC1CCC(Cc2cc(-c3ccc(F)cc3)on2)OC1CNCc1ccccc1. The molecule has 2 aromatic carbocycles. The number of rotatable bonds is 7. The second-order valence-corrected chi connectivity index (χ2v) is 7.45. The van der Waals surface area contributed by atoms with Gasteiger partial charge in [0.1, 0.15) is 5.82 Å². The average molecular weight is 396 g/mol. The van der Waals surface area contributed by atoms with Gasteiger partial charge in [-0.2, -0.15) is 0 Å². The number of ether oxygens (including phenoxy) is 1. The summed E-state index contributed by atoms with van der Waals surface area (Å²) in [4.78, 5) is 0. The molecule has 1 saturated heterocycles. The third kappa shape index (κ3) is 5.29. The molecule has 29 heavy (non-hydrogen) atoms. The van der Waals surface area contributed by atoms with E-state index in [-0.39, 0.29) is 18.0 Å². The van der Waals surface area contributed by atoms with E-state index in [1.54, 1.807) is 12.1 Å².